The van der Waals surface area contributed by atoms with Crippen LogP contribution in [0.4, 0.5) is 0 Å². The van der Waals surface area contributed by atoms with Crippen molar-refractivity contribution in [1.82, 2.24) is 5.32 Å². The van der Waals surface area contributed by atoms with E-state index in [1.807, 2.05) is 0 Å². The van der Waals surface area contributed by atoms with E-state index in [0.29, 0.717) is 12.1 Å². The summed E-state index contributed by atoms with van der Waals surface area (Å²) in [5.74, 6) is 0. The van der Waals surface area contributed by atoms with Crippen molar-refractivity contribution in [2.45, 2.75) is 66.5 Å². The molecule has 0 saturated carbocycles. The average molecular weight is 374 g/mol. The molecule has 2 aliphatic rings. The van der Waals surface area contributed by atoms with Gasteiger partial charge in [-0.05, 0) is 40.2 Å². The molecule has 1 aliphatic heterocycles. The van der Waals surface area contributed by atoms with Crippen molar-refractivity contribution in [3.8, 4) is 0 Å². The maximum absolute atomic E-state index is 4.04. The lowest BCUT2D eigenvalue weighted by atomic mass is 9.57. The van der Waals surface area contributed by atoms with Gasteiger partial charge in [-0.3, -0.25) is 0 Å². The summed E-state index contributed by atoms with van der Waals surface area (Å²) in [5.41, 5.74) is 6.76. The van der Waals surface area contributed by atoms with E-state index >= 15 is 0 Å². The summed E-state index contributed by atoms with van der Waals surface area (Å²) in [7, 11) is 0. The van der Waals surface area contributed by atoms with E-state index < -0.39 is 0 Å². The maximum Gasteiger partial charge on any atom is 0.0363 e. The minimum atomic E-state index is 0.187. The summed E-state index contributed by atoms with van der Waals surface area (Å²) < 4.78 is 0. The summed E-state index contributed by atoms with van der Waals surface area (Å²) in [6, 6.07) is 22.7. The number of benzene rings is 2. The van der Waals surface area contributed by atoms with E-state index in [-0.39, 0.29) is 16.2 Å². The van der Waals surface area contributed by atoms with Crippen LogP contribution in [-0.2, 0) is 0 Å². The van der Waals surface area contributed by atoms with Crippen LogP contribution >= 0.6 is 0 Å². The molecule has 2 atom stereocenters. The first-order chi connectivity index (χ1) is 13.2. The Balaban J connectivity index is 1.85. The Hall–Kier alpha value is -1.86. The van der Waals surface area contributed by atoms with Gasteiger partial charge in [0.15, 0.2) is 0 Å². The minimum absolute atomic E-state index is 0.187. The summed E-state index contributed by atoms with van der Waals surface area (Å²) in [6.45, 7) is 14.8. The third-order valence-corrected chi connectivity index (χ3v) is 8.62. The molecular weight excluding hydrogens is 338 g/mol. The second kappa shape index (κ2) is 6.59. The molecule has 0 amide bonds. The fraction of sp³-hybridized carbons (Fsp3) is 0.481. The molecule has 1 heteroatoms. The fourth-order valence-electron chi connectivity index (χ4n) is 5.61. The van der Waals surface area contributed by atoms with Crippen LogP contribution in [0.5, 0.6) is 0 Å². The Kier molecular flexibility index (Phi) is 4.58. The normalized spacial score (nSPS) is 27.9. The van der Waals surface area contributed by atoms with Crippen molar-refractivity contribution in [2.24, 2.45) is 16.2 Å². The molecule has 0 fully saturated rings. The molecule has 28 heavy (non-hydrogen) atoms. The number of nitrogens with one attached hydrogen (secondary N) is 1. The van der Waals surface area contributed by atoms with Gasteiger partial charge in [0.05, 0.1) is 0 Å². The zero-order valence-electron chi connectivity index (χ0n) is 18.3. The van der Waals surface area contributed by atoms with E-state index in [9.17, 15) is 0 Å². The molecule has 0 bridgehead atoms. The fourth-order valence-corrected chi connectivity index (χ4v) is 5.61. The number of hydrogen-bond donors (Lipinski definition) is 1. The summed E-state index contributed by atoms with van der Waals surface area (Å²) in [6.07, 6.45) is 2.20. The van der Waals surface area contributed by atoms with Crippen molar-refractivity contribution in [2.75, 3.05) is 0 Å². The number of rotatable bonds is 2. The molecule has 2 aromatic rings. The molecule has 0 radical (unpaired) electrons. The zero-order chi connectivity index (χ0) is 20.2. The Morgan fingerprint density at radius 3 is 1.32 bits per heavy atom. The summed E-state index contributed by atoms with van der Waals surface area (Å²) in [4.78, 5) is 0. The van der Waals surface area contributed by atoms with Gasteiger partial charge in [0.25, 0.3) is 0 Å². The second-order valence-corrected chi connectivity index (χ2v) is 10.3. The highest BCUT2D eigenvalue weighted by Crippen LogP contribution is 2.67. The van der Waals surface area contributed by atoms with Crippen LogP contribution in [0.2, 0.25) is 0 Å². The van der Waals surface area contributed by atoms with Gasteiger partial charge in [0.1, 0.15) is 0 Å². The predicted octanol–water partition coefficient (Wildman–Crippen LogP) is 7.24. The monoisotopic (exact) mass is 373 g/mol. The average Bonchev–Trinajstić information content (AvgIpc) is 2.86. The van der Waals surface area contributed by atoms with Crippen LogP contribution < -0.4 is 5.32 Å². The largest absolute Gasteiger partial charge is 0.302 e. The van der Waals surface area contributed by atoms with E-state index in [1.165, 1.54) is 11.1 Å². The molecule has 1 N–H and O–H groups in total. The van der Waals surface area contributed by atoms with Crippen molar-refractivity contribution >= 4 is 0 Å². The van der Waals surface area contributed by atoms with Gasteiger partial charge in [-0.2, -0.15) is 0 Å². The van der Waals surface area contributed by atoms with Crippen LogP contribution in [0.25, 0.3) is 0 Å². The molecule has 4 rings (SSSR count). The Labute approximate surface area is 171 Å². The van der Waals surface area contributed by atoms with Gasteiger partial charge in [0, 0.05) is 12.1 Å². The van der Waals surface area contributed by atoms with Gasteiger partial charge in [0.2, 0.25) is 0 Å². The van der Waals surface area contributed by atoms with Gasteiger partial charge in [-0.15, -0.1) is 0 Å². The highest BCUT2D eigenvalue weighted by molar-refractivity contribution is 5.42. The zero-order valence-corrected chi connectivity index (χ0v) is 18.3. The van der Waals surface area contributed by atoms with E-state index in [0.717, 1.165) is 12.8 Å². The molecular formula is C27H35N. The Bertz CT molecular complexity index is 799. The molecule has 0 saturated heterocycles. The molecule has 0 aromatic heterocycles. The van der Waals surface area contributed by atoms with Crippen LogP contribution in [-0.4, -0.2) is 0 Å². The predicted molar refractivity (Wildman–Crippen MR) is 119 cm³/mol. The highest BCUT2D eigenvalue weighted by atomic mass is 15.0. The van der Waals surface area contributed by atoms with Crippen LogP contribution in [0.3, 0.4) is 0 Å². The van der Waals surface area contributed by atoms with Crippen molar-refractivity contribution in [3.63, 3.8) is 0 Å². The van der Waals surface area contributed by atoms with Crippen molar-refractivity contribution in [3.05, 3.63) is 82.9 Å². The van der Waals surface area contributed by atoms with E-state index in [2.05, 4.69) is 108 Å². The lowest BCUT2D eigenvalue weighted by molar-refractivity contribution is 0.0560. The maximum atomic E-state index is 4.04. The van der Waals surface area contributed by atoms with Gasteiger partial charge >= 0.3 is 0 Å². The van der Waals surface area contributed by atoms with Crippen molar-refractivity contribution in [1.29, 1.82) is 0 Å². The standard InChI is InChI=1S/C27H35N/c1-25(2)21-17-23(19-13-9-7-10-14-19)28-24(20-15-11-8-12-16-20)18-22(21)26(3,4)27(25,5)6/h7-16,23-24,28H,17-18H2,1-6H3/t23-,24+. The third kappa shape index (κ3) is 2.78. The Morgan fingerprint density at radius 2 is 0.964 bits per heavy atom. The minimum Gasteiger partial charge on any atom is -0.302 e. The van der Waals surface area contributed by atoms with E-state index in [1.54, 1.807) is 11.1 Å². The molecule has 2 aromatic carbocycles. The summed E-state index contributed by atoms with van der Waals surface area (Å²) >= 11 is 0. The molecule has 0 unspecified atom stereocenters. The molecule has 1 aliphatic carbocycles. The van der Waals surface area contributed by atoms with Crippen LogP contribution in [0.1, 0.15) is 77.6 Å². The number of hydrogen-bond acceptors (Lipinski definition) is 1. The molecule has 1 nitrogen and oxygen atoms in total. The second-order valence-electron chi connectivity index (χ2n) is 10.3. The van der Waals surface area contributed by atoms with Crippen LogP contribution in [0, 0.1) is 16.2 Å². The quantitative estimate of drug-likeness (QED) is 0.547. The van der Waals surface area contributed by atoms with Crippen LogP contribution in [0.15, 0.2) is 71.8 Å². The molecule has 0 spiro atoms. The smallest absolute Gasteiger partial charge is 0.0363 e. The first kappa shape index (κ1) is 19.5. The third-order valence-electron chi connectivity index (χ3n) is 8.62. The van der Waals surface area contributed by atoms with Gasteiger partial charge in [-0.25, -0.2) is 0 Å². The van der Waals surface area contributed by atoms with E-state index in [4.69, 9.17) is 0 Å². The molecule has 1 heterocycles. The first-order valence-corrected chi connectivity index (χ1v) is 10.7. The topological polar surface area (TPSA) is 12.0 Å². The SMILES string of the molecule is CC1(C)C2=C(C[C@H](c3ccccc3)N[C@H](c3ccccc3)C2)C(C)(C)C1(C)C. The highest BCUT2D eigenvalue weighted by Gasteiger charge is 2.58. The van der Waals surface area contributed by atoms with Gasteiger partial charge in [-0.1, -0.05) is 113 Å². The van der Waals surface area contributed by atoms with Gasteiger partial charge < -0.3 is 5.32 Å². The first-order valence-electron chi connectivity index (χ1n) is 10.7. The molecule has 148 valence electrons. The Morgan fingerprint density at radius 1 is 0.607 bits per heavy atom. The lowest BCUT2D eigenvalue weighted by Crippen LogP contribution is -2.41. The lowest BCUT2D eigenvalue weighted by Gasteiger charge is -2.47. The summed E-state index contributed by atoms with van der Waals surface area (Å²) in [5, 5.41) is 4.04. The van der Waals surface area contributed by atoms with Crippen molar-refractivity contribution < 1.29 is 0 Å².